The number of carbonyl (C=O) groups is 1. The van der Waals surface area contributed by atoms with Crippen LogP contribution in [0.5, 0.6) is 5.75 Å². The van der Waals surface area contributed by atoms with Crippen molar-refractivity contribution in [3.8, 4) is 5.75 Å². The van der Waals surface area contributed by atoms with E-state index in [2.05, 4.69) is 31.8 Å². The third kappa shape index (κ3) is 4.36. The molecule has 2 aromatic rings. The Balaban J connectivity index is 1.36. The Morgan fingerprint density at radius 3 is 2.10 bits per heavy atom. The second-order valence-corrected chi connectivity index (χ2v) is 7.38. The van der Waals surface area contributed by atoms with Crippen molar-refractivity contribution in [3.05, 3.63) is 36.5 Å². The summed E-state index contributed by atoms with van der Waals surface area (Å²) in [5.41, 5.74) is 1.21. The molecule has 2 aliphatic heterocycles. The van der Waals surface area contributed by atoms with E-state index in [1.165, 1.54) is 5.69 Å². The Hall–Kier alpha value is -3.03. The highest BCUT2D eigenvalue weighted by atomic mass is 16.5. The number of aromatic nitrogens is 2. The molecule has 0 aliphatic carbocycles. The number of amides is 1. The van der Waals surface area contributed by atoms with Gasteiger partial charge in [0.05, 0.1) is 7.11 Å². The molecule has 3 heterocycles. The summed E-state index contributed by atoms with van der Waals surface area (Å²) >= 11 is 0. The molecule has 8 heteroatoms. The SMILES string of the molecule is COc1ccc(N2CCN(c3nccc(N4CCN(C(C)=O)CC4)n3)CC2)cc1. The molecule has 0 bridgehead atoms. The maximum Gasteiger partial charge on any atom is 0.227 e. The fourth-order valence-electron chi connectivity index (χ4n) is 3.88. The zero-order chi connectivity index (χ0) is 20.2. The van der Waals surface area contributed by atoms with Gasteiger partial charge in [-0.05, 0) is 30.3 Å². The van der Waals surface area contributed by atoms with Crippen LogP contribution in [0.3, 0.4) is 0 Å². The molecule has 1 amide bonds. The first-order valence-corrected chi connectivity index (χ1v) is 10.1. The second-order valence-electron chi connectivity index (χ2n) is 7.38. The van der Waals surface area contributed by atoms with Gasteiger partial charge in [-0.1, -0.05) is 0 Å². The molecule has 0 N–H and O–H groups in total. The minimum Gasteiger partial charge on any atom is -0.497 e. The summed E-state index contributed by atoms with van der Waals surface area (Å²) in [6.45, 7) is 8.35. The zero-order valence-electron chi connectivity index (χ0n) is 17.1. The lowest BCUT2D eigenvalue weighted by Gasteiger charge is -2.37. The molecular weight excluding hydrogens is 368 g/mol. The van der Waals surface area contributed by atoms with Crippen molar-refractivity contribution in [1.82, 2.24) is 14.9 Å². The summed E-state index contributed by atoms with van der Waals surface area (Å²) < 4.78 is 5.24. The monoisotopic (exact) mass is 396 g/mol. The van der Waals surface area contributed by atoms with Crippen LogP contribution in [-0.4, -0.2) is 80.2 Å². The van der Waals surface area contributed by atoms with Gasteiger partial charge >= 0.3 is 0 Å². The summed E-state index contributed by atoms with van der Waals surface area (Å²) in [5.74, 6) is 2.74. The number of nitrogens with zero attached hydrogens (tertiary/aromatic N) is 6. The molecule has 0 saturated carbocycles. The van der Waals surface area contributed by atoms with E-state index in [-0.39, 0.29) is 5.91 Å². The summed E-state index contributed by atoms with van der Waals surface area (Å²) in [4.78, 5) is 29.6. The van der Waals surface area contributed by atoms with Crippen LogP contribution in [0.1, 0.15) is 6.92 Å². The number of methoxy groups -OCH3 is 1. The molecule has 1 aromatic carbocycles. The normalized spacial score (nSPS) is 17.4. The number of hydrogen-bond donors (Lipinski definition) is 0. The van der Waals surface area contributed by atoms with Gasteiger partial charge in [-0.3, -0.25) is 4.79 Å². The zero-order valence-corrected chi connectivity index (χ0v) is 17.1. The number of rotatable bonds is 4. The largest absolute Gasteiger partial charge is 0.497 e. The van der Waals surface area contributed by atoms with E-state index in [9.17, 15) is 4.79 Å². The smallest absolute Gasteiger partial charge is 0.227 e. The van der Waals surface area contributed by atoms with Crippen molar-refractivity contribution >= 4 is 23.4 Å². The summed E-state index contributed by atoms with van der Waals surface area (Å²) in [6, 6.07) is 10.2. The highest BCUT2D eigenvalue weighted by Crippen LogP contribution is 2.22. The molecule has 0 atom stereocenters. The Kier molecular flexibility index (Phi) is 5.69. The van der Waals surface area contributed by atoms with E-state index in [1.54, 1.807) is 14.0 Å². The summed E-state index contributed by atoms with van der Waals surface area (Å²) in [7, 11) is 1.69. The molecule has 29 heavy (non-hydrogen) atoms. The van der Waals surface area contributed by atoms with Crippen molar-refractivity contribution in [2.45, 2.75) is 6.92 Å². The molecular formula is C21H28N6O2. The highest BCUT2D eigenvalue weighted by molar-refractivity contribution is 5.73. The molecule has 2 saturated heterocycles. The predicted molar refractivity (Wildman–Crippen MR) is 114 cm³/mol. The molecule has 0 spiro atoms. The molecule has 1 aromatic heterocycles. The Morgan fingerprint density at radius 1 is 0.862 bits per heavy atom. The minimum atomic E-state index is 0.141. The Morgan fingerprint density at radius 2 is 1.48 bits per heavy atom. The van der Waals surface area contributed by atoms with Crippen molar-refractivity contribution < 1.29 is 9.53 Å². The lowest BCUT2D eigenvalue weighted by molar-refractivity contribution is -0.129. The van der Waals surface area contributed by atoms with Crippen molar-refractivity contribution in [1.29, 1.82) is 0 Å². The van der Waals surface area contributed by atoms with Crippen LogP contribution < -0.4 is 19.4 Å². The van der Waals surface area contributed by atoms with E-state index in [4.69, 9.17) is 9.72 Å². The Labute approximate surface area is 171 Å². The van der Waals surface area contributed by atoms with Crippen LogP contribution in [0.25, 0.3) is 0 Å². The van der Waals surface area contributed by atoms with Gasteiger partial charge in [0, 0.05) is 71.2 Å². The van der Waals surface area contributed by atoms with Crippen LogP contribution in [0, 0.1) is 0 Å². The molecule has 0 radical (unpaired) electrons. The van der Waals surface area contributed by atoms with Gasteiger partial charge in [0.1, 0.15) is 11.6 Å². The lowest BCUT2D eigenvalue weighted by atomic mass is 10.2. The predicted octanol–water partition coefficient (Wildman–Crippen LogP) is 1.48. The third-order valence-corrected chi connectivity index (χ3v) is 5.68. The lowest BCUT2D eigenvalue weighted by Crippen LogP contribution is -2.49. The topological polar surface area (TPSA) is 65.0 Å². The van der Waals surface area contributed by atoms with Gasteiger partial charge < -0.3 is 24.3 Å². The number of benzene rings is 1. The average molecular weight is 396 g/mol. The van der Waals surface area contributed by atoms with E-state index in [0.717, 1.165) is 69.9 Å². The molecule has 154 valence electrons. The van der Waals surface area contributed by atoms with Crippen molar-refractivity contribution in [3.63, 3.8) is 0 Å². The van der Waals surface area contributed by atoms with E-state index >= 15 is 0 Å². The van der Waals surface area contributed by atoms with E-state index in [1.807, 2.05) is 29.3 Å². The van der Waals surface area contributed by atoms with Gasteiger partial charge in [-0.15, -0.1) is 0 Å². The molecule has 2 aliphatic rings. The van der Waals surface area contributed by atoms with Gasteiger partial charge in [0.2, 0.25) is 11.9 Å². The minimum absolute atomic E-state index is 0.141. The van der Waals surface area contributed by atoms with Crippen LogP contribution >= 0.6 is 0 Å². The molecule has 2 fully saturated rings. The second kappa shape index (κ2) is 8.55. The van der Waals surface area contributed by atoms with Crippen molar-refractivity contribution in [2.75, 3.05) is 74.2 Å². The van der Waals surface area contributed by atoms with Gasteiger partial charge in [0.15, 0.2) is 0 Å². The number of anilines is 3. The summed E-state index contributed by atoms with van der Waals surface area (Å²) in [5, 5.41) is 0. The van der Waals surface area contributed by atoms with Crippen LogP contribution in [0.4, 0.5) is 17.5 Å². The molecule has 4 rings (SSSR count). The standard InChI is InChI=1S/C21H28N6O2/c1-17(28)24-9-13-26(14-10-24)20-7-8-22-21(23-20)27-15-11-25(12-16-27)18-3-5-19(29-2)6-4-18/h3-8H,9-16H2,1-2H3. The number of hydrogen-bond acceptors (Lipinski definition) is 7. The fourth-order valence-corrected chi connectivity index (χ4v) is 3.88. The van der Waals surface area contributed by atoms with Crippen LogP contribution in [0.2, 0.25) is 0 Å². The maximum atomic E-state index is 11.5. The van der Waals surface area contributed by atoms with Gasteiger partial charge in [-0.25, -0.2) is 4.98 Å². The maximum absolute atomic E-state index is 11.5. The highest BCUT2D eigenvalue weighted by Gasteiger charge is 2.22. The molecule has 8 nitrogen and oxygen atoms in total. The number of ether oxygens (including phenoxy) is 1. The average Bonchev–Trinajstić information content (AvgIpc) is 2.79. The molecule has 0 unspecified atom stereocenters. The summed E-state index contributed by atoms with van der Waals surface area (Å²) in [6.07, 6.45) is 1.84. The van der Waals surface area contributed by atoms with Crippen LogP contribution in [0.15, 0.2) is 36.5 Å². The van der Waals surface area contributed by atoms with Gasteiger partial charge in [0.25, 0.3) is 0 Å². The van der Waals surface area contributed by atoms with Gasteiger partial charge in [-0.2, -0.15) is 4.98 Å². The fraction of sp³-hybridized carbons (Fsp3) is 0.476. The van der Waals surface area contributed by atoms with Crippen LogP contribution in [-0.2, 0) is 4.79 Å². The first-order valence-electron chi connectivity index (χ1n) is 10.1. The first-order chi connectivity index (χ1) is 14.1. The quantitative estimate of drug-likeness (QED) is 0.776. The number of piperazine rings is 2. The van der Waals surface area contributed by atoms with Crippen molar-refractivity contribution in [2.24, 2.45) is 0 Å². The van der Waals surface area contributed by atoms with E-state index in [0.29, 0.717) is 0 Å². The first kappa shape index (κ1) is 19.3. The third-order valence-electron chi connectivity index (χ3n) is 5.68. The Bertz CT molecular complexity index is 827. The number of carbonyl (C=O) groups excluding carboxylic acids is 1. The van der Waals surface area contributed by atoms with E-state index < -0.39 is 0 Å².